The van der Waals surface area contributed by atoms with E-state index < -0.39 is 0 Å². The van der Waals surface area contributed by atoms with E-state index >= 15 is 0 Å². The summed E-state index contributed by atoms with van der Waals surface area (Å²) in [5, 5.41) is 0. The van der Waals surface area contributed by atoms with Gasteiger partial charge in [-0.15, -0.1) is 0 Å². The summed E-state index contributed by atoms with van der Waals surface area (Å²) in [5.41, 5.74) is 2.92. The number of ether oxygens (including phenoxy) is 1. The topological polar surface area (TPSA) is 38.7 Å². The number of carbonyl (C=O) groups is 1. The van der Waals surface area contributed by atoms with E-state index in [1.807, 2.05) is 67.7 Å². The fourth-order valence-electron chi connectivity index (χ4n) is 3.20. The molecule has 0 aliphatic rings. The summed E-state index contributed by atoms with van der Waals surface area (Å²) in [6.45, 7) is 4.90. The van der Waals surface area contributed by atoms with E-state index in [2.05, 4.69) is 11.9 Å². The second-order valence-electron chi connectivity index (χ2n) is 7.90. The van der Waals surface area contributed by atoms with E-state index in [4.69, 9.17) is 4.74 Å². The van der Waals surface area contributed by atoms with Gasteiger partial charge in [0.05, 0.1) is 12.3 Å². The van der Waals surface area contributed by atoms with E-state index in [9.17, 15) is 4.79 Å². The van der Waals surface area contributed by atoms with Crippen molar-refractivity contribution >= 4 is 23.8 Å². The molecule has 0 saturated heterocycles. The smallest absolute Gasteiger partial charge is 0.155 e. The van der Waals surface area contributed by atoms with Crippen LogP contribution in [0.3, 0.4) is 0 Å². The number of nitrogens with zero attached hydrogens (tertiary/aromatic N) is 1. The number of carbonyl (C=O) groups excluding carboxylic acids is 1. The van der Waals surface area contributed by atoms with Crippen molar-refractivity contribution in [1.82, 2.24) is 0 Å². The van der Waals surface area contributed by atoms with Crippen molar-refractivity contribution in [1.29, 1.82) is 0 Å². The van der Waals surface area contributed by atoms with Gasteiger partial charge in [-0.25, -0.2) is 0 Å². The lowest BCUT2D eigenvalue weighted by Gasteiger charge is -2.06. The van der Waals surface area contributed by atoms with E-state index in [-0.39, 0.29) is 5.78 Å². The van der Waals surface area contributed by atoms with Crippen LogP contribution in [0.2, 0.25) is 0 Å². The maximum atomic E-state index is 11.4. The summed E-state index contributed by atoms with van der Waals surface area (Å²) in [6.07, 6.45) is 16.3. The fourth-order valence-corrected chi connectivity index (χ4v) is 3.20. The van der Waals surface area contributed by atoms with Gasteiger partial charge in [-0.2, -0.15) is 0 Å². The van der Waals surface area contributed by atoms with Crippen molar-refractivity contribution in [3.05, 3.63) is 65.7 Å². The van der Waals surface area contributed by atoms with Crippen molar-refractivity contribution in [2.24, 2.45) is 4.99 Å². The van der Waals surface area contributed by atoms with Crippen LogP contribution in [0.5, 0.6) is 5.75 Å². The summed E-state index contributed by atoms with van der Waals surface area (Å²) >= 11 is 0. The highest BCUT2D eigenvalue weighted by molar-refractivity contribution is 5.93. The molecule has 31 heavy (non-hydrogen) atoms. The molecule has 3 heteroatoms. The second-order valence-corrected chi connectivity index (χ2v) is 7.90. The molecule has 0 bridgehead atoms. The van der Waals surface area contributed by atoms with Gasteiger partial charge in [0.1, 0.15) is 5.75 Å². The lowest BCUT2D eigenvalue weighted by molar-refractivity contribution is -0.114. The van der Waals surface area contributed by atoms with Crippen LogP contribution in [0.4, 0.5) is 5.69 Å². The van der Waals surface area contributed by atoms with Crippen LogP contribution in [-0.4, -0.2) is 18.6 Å². The lowest BCUT2D eigenvalue weighted by Crippen LogP contribution is -1.97. The third-order valence-electron chi connectivity index (χ3n) is 5.21. The zero-order chi connectivity index (χ0) is 22.2. The van der Waals surface area contributed by atoms with Crippen LogP contribution in [0.25, 0.3) is 6.08 Å². The Hall–Kier alpha value is -2.68. The highest BCUT2D eigenvalue weighted by Gasteiger charge is 1.97. The Bertz CT molecular complexity index is 804. The van der Waals surface area contributed by atoms with Gasteiger partial charge in [-0.1, -0.05) is 77.0 Å². The quantitative estimate of drug-likeness (QED) is 0.167. The fraction of sp³-hybridized carbons (Fsp3) is 0.429. The Kier molecular flexibility index (Phi) is 12.0. The number of unbranched alkanes of at least 4 members (excludes halogenated alkanes) is 7. The molecule has 0 spiro atoms. The van der Waals surface area contributed by atoms with Gasteiger partial charge in [0, 0.05) is 12.6 Å². The van der Waals surface area contributed by atoms with E-state index in [1.54, 1.807) is 6.08 Å². The first-order chi connectivity index (χ1) is 15.2. The van der Waals surface area contributed by atoms with Crippen molar-refractivity contribution in [3.8, 4) is 5.75 Å². The number of ketones is 1. The predicted molar refractivity (Wildman–Crippen MR) is 133 cm³/mol. The highest BCUT2D eigenvalue weighted by Crippen LogP contribution is 2.16. The molecule has 2 aromatic carbocycles. The molecule has 0 aliphatic heterocycles. The van der Waals surface area contributed by atoms with Crippen molar-refractivity contribution in [3.63, 3.8) is 0 Å². The third-order valence-corrected chi connectivity index (χ3v) is 5.21. The molecule has 2 rings (SSSR count). The molecule has 0 N–H and O–H groups in total. The van der Waals surface area contributed by atoms with E-state index in [0.29, 0.717) is 6.42 Å². The van der Waals surface area contributed by atoms with Crippen LogP contribution in [0.15, 0.2) is 59.6 Å². The van der Waals surface area contributed by atoms with Gasteiger partial charge in [0.25, 0.3) is 0 Å². The summed E-state index contributed by atoms with van der Waals surface area (Å²) in [6, 6.07) is 15.9. The second kappa shape index (κ2) is 15.2. The normalized spacial score (nSPS) is 11.4. The zero-order valence-corrected chi connectivity index (χ0v) is 19.2. The van der Waals surface area contributed by atoms with Crippen LogP contribution >= 0.6 is 0 Å². The lowest BCUT2D eigenvalue weighted by atomic mass is 10.1. The van der Waals surface area contributed by atoms with Gasteiger partial charge < -0.3 is 4.74 Å². The Morgan fingerprint density at radius 1 is 0.806 bits per heavy atom. The first-order valence-corrected chi connectivity index (χ1v) is 11.8. The first kappa shape index (κ1) is 24.6. The van der Waals surface area contributed by atoms with Gasteiger partial charge in [-0.05, 0) is 60.0 Å². The molecule has 2 aromatic rings. The average molecular weight is 420 g/mol. The molecule has 0 atom stereocenters. The molecule has 0 aromatic heterocycles. The number of hydrogen-bond acceptors (Lipinski definition) is 3. The standard InChI is InChI=1S/C28H37NO2/c1-3-5-6-7-8-9-10-11-22-31-28-20-15-25(16-21-28)23-29-26-17-12-24(13-18-26)14-19-27(30)4-2/h12-21,23H,3-11,22H2,1-2H3/b19-14+,29-23?. The number of allylic oxidation sites excluding steroid dienone is 1. The molecular formula is C28H37NO2. The molecule has 3 nitrogen and oxygen atoms in total. The van der Waals surface area contributed by atoms with Crippen LogP contribution in [-0.2, 0) is 4.79 Å². The van der Waals surface area contributed by atoms with E-state index in [1.165, 1.54) is 44.9 Å². The van der Waals surface area contributed by atoms with E-state index in [0.717, 1.165) is 35.6 Å². The summed E-state index contributed by atoms with van der Waals surface area (Å²) in [7, 11) is 0. The van der Waals surface area contributed by atoms with Crippen LogP contribution < -0.4 is 4.74 Å². The minimum atomic E-state index is 0.132. The molecule has 0 fully saturated rings. The summed E-state index contributed by atoms with van der Waals surface area (Å²) in [5.74, 6) is 1.05. The molecule has 0 heterocycles. The maximum absolute atomic E-state index is 11.4. The molecule has 0 aliphatic carbocycles. The first-order valence-electron chi connectivity index (χ1n) is 11.8. The van der Waals surface area contributed by atoms with Gasteiger partial charge >= 0.3 is 0 Å². The predicted octanol–water partition coefficient (Wildman–Crippen LogP) is 7.95. The Morgan fingerprint density at radius 3 is 2.06 bits per heavy atom. The molecule has 0 amide bonds. The van der Waals surface area contributed by atoms with Crippen molar-refractivity contribution in [2.75, 3.05) is 6.61 Å². The third kappa shape index (κ3) is 10.8. The number of rotatable bonds is 15. The van der Waals surface area contributed by atoms with Crippen LogP contribution in [0, 0.1) is 0 Å². The van der Waals surface area contributed by atoms with Crippen molar-refractivity contribution < 1.29 is 9.53 Å². The molecule has 0 unspecified atom stereocenters. The Balaban J connectivity index is 1.69. The molecule has 0 saturated carbocycles. The maximum Gasteiger partial charge on any atom is 0.155 e. The summed E-state index contributed by atoms with van der Waals surface area (Å²) < 4.78 is 5.85. The number of aliphatic imine (C=N–C) groups is 1. The highest BCUT2D eigenvalue weighted by atomic mass is 16.5. The zero-order valence-electron chi connectivity index (χ0n) is 19.2. The van der Waals surface area contributed by atoms with Crippen molar-refractivity contribution in [2.45, 2.75) is 71.6 Å². The monoisotopic (exact) mass is 419 g/mol. The average Bonchev–Trinajstić information content (AvgIpc) is 2.81. The molecular weight excluding hydrogens is 382 g/mol. The van der Waals surface area contributed by atoms with Gasteiger partial charge in [0.15, 0.2) is 5.78 Å². The summed E-state index contributed by atoms with van der Waals surface area (Å²) in [4.78, 5) is 15.9. The molecule has 0 radical (unpaired) electrons. The van der Waals surface area contributed by atoms with Gasteiger partial charge in [0.2, 0.25) is 0 Å². The number of hydrogen-bond donors (Lipinski definition) is 0. The SMILES string of the molecule is CCCCCCCCCCOc1ccc(C=Nc2ccc(/C=C/C(=O)CC)cc2)cc1. The largest absolute Gasteiger partial charge is 0.494 e. The minimum absolute atomic E-state index is 0.132. The minimum Gasteiger partial charge on any atom is -0.494 e. The van der Waals surface area contributed by atoms with Gasteiger partial charge in [-0.3, -0.25) is 9.79 Å². The van der Waals surface area contributed by atoms with Crippen LogP contribution in [0.1, 0.15) is 82.8 Å². The number of benzene rings is 2. The Labute approximate surface area is 188 Å². The Morgan fingerprint density at radius 2 is 1.42 bits per heavy atom. The molecule has 166 valence electrons.